The van der Waals surface area contributed by atoms with Crippen molar-refractivity contribution in [3.63, 3.8) is 0 Å². The highest BCUT2D eigenvalue weighted by molar-refractivity contribution is 5.75. The van der Waals surface area contributed by atoms with Crippen LogP contribution >= 0.6 is 0 Å². The first-order valence-corrected chi connectivity index (χ1v) is 6.02. The third-order valence-corrected chi connectivity index (χ3v) is 3.17. The molecule has 0 aromatic carbocycles. The van der Waals surface area contributed by atoms with E-state index >= 15 is 0 Å². The second kappa shape index (κ2) is 5.27. The van der Waals surface area contributed by atoms with E-state index in [1.807, 2.05) is 0 Å². The average molecular weight is 237 g/mol. The lowest BCUT2D eigenvalue weighted by atomic mass is 10.0. The molecule has 6 heteroatoms. The quantitative estimate of drug-likeness (QED) is 0.752. The Morgan fingerprint density at radius 3 is 3.18 bits per heavy atom. The van der Waals surface area contributed by atoms with Gasteiger partial charge in [-0.3, -0.25) is 9.48 Å². The van der Waals surface area contributed by atoms with Gasteiger partial charge in [-0.1, -0.05) is 0 Å². The van der Waals surface area contributed by atoms with Crippen molar-refractivity contribution in [1.29, 1.82) is 0 Å². The fraction of sp³-hybridized carbons (Fsp3) is 0.727. The molecular formula is C11H19N5O. The second-order valence-electron chi connectivity index (χ2n) is 4.78. The van der Waals surface area contributed by atoms with E-state index in [9.17, 15) is 4.79 Å². The van der Waals surface area contributed by atoms with Crippen LogP contribution in [0.15, 0.2) is 12.7 Å². The summed E-state index contributed by atoms with van der Waals surface area (Å²) in [6.45, 7) is 4.47. The molecule has 1 fully saturated rings. The summed E-state index contributed by atoms with van der Waals surface area (Å²) in [7, 11) is 0. The molecule has 0 aliphatic carbocycles. The number of carbonyl (C=O) groups excluding carboxylic acids is 1. The molecule has 2 rings (SSSR count). The minimum Gasteiger partial charge on any atom is -0.354 e. The van der Waals surface area contributed by atoms with Gasteiger partial charge in [0.25, 0.3) is 0 Å². The summed E-state index contributed by atoms with van der Waals surface area (Å²) >= 11 is 0. The molecule has 0 saturated carbocycles. The van der Waals surface area contributed by atoms with E-state index in [4.69, 9.17) is 0 Å². The number of rotatable bonds is 5. The summed E-state index contributed by atoms with van der Waals surface area (Å²) in [4.78, 5) is 15.5. The summed E-state index contributed by atoms with van der Waals surface area (Å²) in [6.07, 6.45) is 5.84. The maximum atomic E-state index is 11.6. The maximum absolute atomic E-state index is 11.6. The van der Waals surface area contributed by atoms with Crippen molar-refractivity contribution in [2.45, 2.75) is 38.3 Å². The van der Waals surface area contributed by atoms with Crippen LogP contribution in [0, 0.1) is 0 Å². The predicted molar refractivity (Wildman–Crippen MR) is 63.3 cm³/mol. The van der Waals surface area contributed by atoms with Gasteiger partial charge in [0.1, 0.15) is 12.7 Å². The van der Waals surface area contributed by atoms with E-state index in [2.05, 4.69) is 27.6 Å². The number of aryl methyl sites for hydroxylation is 1. The molecule has 17 heavy (non-hydrogen) atoms. The standard InChI is InChI=1S/C11H19N5O/c1-11(4-2-5-14-11)7-13-10(17)3-6-16-9-12-8-15-16/h8-9,14H,2-7H2,1H3,(H,13,17). The molecule has 1 amide bonds. The van der Waals surface area contributed by atoms with Crippen LogP contribution in [0.3, 0.4) is 0 Å². The molecule has 2 N–H and O–H groups in total. The van der Waals surface area contributed by atoms with E-state index in [1.165, 1.54) is 12.7 Å². The first-order chi connectivity index (χ1) is 8.18. The molecule has 1 aromatic rings. The zero-order valence-electron chi connectivity index (χ0n) is 10.1. The van der Waals surface area contributed by atoms with Gasteiger partial charge in [0.05, 0.1) is 6.54 Å². The van der Waals surface area contributed by atoms with Crippen molar-refractivity contribution in [2.24, 2.45) is 0 Å². The van der Waals surface area contributed by atoms with Crippen molar-refractivity contribution in [3.8, 4) is 0 Å². The minimum atomic E-state index is 0.0652. The summed E-state index contributed by atoms with van der Waals surface area (Å²) in [5.41, 5.74) is 0.0723. The van der Waals surface area contributed by atoms with Crippen LogP contribution in [0.5, 0.6) is 0 Å². The molecular weight excluding hydrogens is 218 g/mol. The van der Waals surface area contributed by atoms with Gasteiger partial charge in [0, 0.05) is 18.5 Å². The monoisotopic (exact) mass is 237 g/mol. The molecule has 1 atom stereocenters. The van der Waals surface area contributed by atoms with E-state index in [0.29, 0.717) is 19.5 Å². The average Bonchev–Trinajstić information content (AvgIpc) is 2.95. The number of hydrogen-bond acceptors (Lipinski definition) is 4. The van der Waals surface area contributed by atoms with Crippen LogP contribution in [0.25, 0.3) is 0 Å². The van der Waals surface area contributed by atoms with Gasteiger partial charge < -0.3 is 10.6 Å². The first-order valence-electron chi connectivity index (χ1n) is 6.02. The van der Waals surface area contributed by atoms with E-state index in [1.54, 1.807) is 11.0 Å². The summed E-state index contributed by atoms with van der Waals surface area (Å²) in [5, 5.41) is 10.3. The lowest BCUT2D eigenvalue weighted by Gasteiger charge is -2.24. The number of nitrogens with zero attached hydrogens (tertiary/aromatic N) is 3. The van der Waals surface area contributed by atoms with Crippen molar-refractivity contribution in [3.05, 3.63) is 12.7 Å². The van der Waals surface area contributed by atoms with Gasteiger partial charge in [-0.2, -0.15) is 5.10 Å². The fourth-order valence-corrected chi connectivity index (χ4v) is 2.05. The maximum Gasteiger partial charge on any atom is 0.221 e. The third-order valence-electron chi connectivity index (χ3n) is 3.17. The topological polar surface area (TPSA) is 71.8 Å². The Morgan fingerprint density at radius 2 is 2.53 bits per heavy atom. The normalized spacial score (nSPS) is 23.8. The third kappa shape index (κ3) is 3.52. The second-order valence-corrected chi connectivity index (χ2v) is 4.78. The first kappa shape index (κ1) is 12.0. The summed E-state index contributed by atoms with van der Waals surface area (Å²) < 4.78 is 1.66. The SMILES string of the molecule is CC1(CNC(=O)CCn2cncn2)CCCN1. The Labute approximate surface area is 101 Å². The molecule has 0 radical (unpaired) electrons. The molecule has 1 unspecified atom stereocenters. The predicted octanol–water partition coefficient (Wildman–Crippen LogP) is -0.0735. The van der Waals surface area contributed by atoms with Gasteiger partial charge in [0.2, 0.25) is 5.91 Å². The van der Waals surface area contributed by atoms with Gasteiger partial charge in [-0.25, -0.2) is 4.98 Å². The van der Waals surface area contributed by atoms with Crippen molar-refractivity contribution < 1.29 is 4.79 Å². The minimum absolute atomic E-state index is 0.0652. The highest BCUT2D eigenvalue weighted by Crippen LogP contribution is 2.16. The van der Waals surface area contributed by atoms with E-state index in [0.717, 1.165) is 13.0 Å². The molecule has 1 aromatic heterocycles. The number of nitrogens with one attached hydrogen (secondary N) is 2. The number of carbonyl (C=O) groups is 1. The summed E-state index contributed by atoms with van der Waals surface area (Å²) in [5.74, 6) is 0.0652. The molecule has 1 saturated heterocycles. The van der Waals surface area contributed by atoms with Crippen molar-refractivity contribution >= 4 is 5.91 Å². The zero-order chi connectivity index (χ0) is 12.1. The number of aromatic nitrogens is 3. The lowest BCUT2D eigenvalue weighted by molar-refractivity contribution is -0.121. The molecule has 1 aliphatic heterocycles. The molecule has 0 spiro atoms. The fourth-order valence-electron chi connectivity index (χ4n) is 2.05. The number of hydrogen-bond donors (Lipinski definition) is 2. The van der Waals surface area contributed by atoms with Gasteiger partial charge in [-0.15, -0.1) is 0 Å². The smallest absolute Gasteiger partial charge is 0.221 e. The van der Waals surface area contributed by atoms with E-state index < -0.39 is 0 Å². The Bertz CT molecular complexity index is 356. The number of amides is 1. The molecule has 6 nitrogen and oxygen atoms in total. The molecule has 94 valence electrons. The van der Waals surface area contributed by atoms with Crippen LogP contribution in [0.1, 0.15) is 26.2 Å². The van der Waals surface area contributed by atoms with Gasteiger partial charge in [0.15, 0.2) is 0 Å². The van der Waals surface area contributed by atoms with Crippen molar-refractivity contribution in [2.75, 3.05) is 13.1 Å². The molecule has 0 bridgehead atoms. The van der Waals surface area contributed by atoms with Gasteiger partial charge in [-0.05, 0) is 26.3 Å². The summed E-state index contributed by atoms with van der Waals surface area (Å²) in [6, 6.07) is 0. The largest absolute Gasteiger partial charge is 0.354 e. The molecule has 2 heterocycles. The zero-order valence-corrected chi connectivity index (χ0v) is 10.1. The highest BCUT2D eigenvalue weighted by atomic mass is 16.1. The Kier molecular flexibility index (Phi) is 3.73. The van der Waals surface area contributed by atoms with Crippen LogP contribution in [0.4, 0.5) is 0 Å². The highest BCUT2D eigenvalue weighted by Gasteiger charge is 2.27. The Hall–Kier alpha value is -1.43. The lowest BCUT2D eigenvalue weighted by Crippen LogP contribution is -2.47. The van der Waals surface area contributed by atoms with Crippen LogP contribution in [-0.2, 0) is 11.3 Å². The van der Waals surface area contributed by atoms with Crippen LogP contribution in [0.2, 0.25) is 0 Å². The van der Waals surface area contributed by atoms with Gasteiger partial charge >= 0.3 is 0 Å². The Balaban J connectivity index is 1.67. The Morgan fingerprint density at radius 1 is 1.65 bits per heavy atom. The van der Waals surface area contributed by atoms with E-state index in [-0.39, 0.29) is 11.4 Å². The van der Waals surface area contributed by atoms with Crippen molar-refractivity contribution in [1.82, 2.24) is 25.4 Å². The van der Waals surface area contributed by atoms with Crippen LogP contribution in [-0.4, -0.2) is 39.3 Å². The molecule has 1 aliphatic rings. The van der Waals surface area contributed by atoms with Crippen LogP contribution < -0.4 is 10.6 Å².